The molecule has 10 heteroatoms. The number of morpholine rings is 1. The quantitative estimate of drug-likeness (QED) is 0.184. The lowest BCUT2D eigenvalue weighted by molar-refractivity contribution is 0.0729. The Morgan fingerprint density at radius 1 is 1.16 bits per heavy atom. The number of aliphatic imine (C=N–C) groups is 1. The third-order valence-electron chi connectivity index (χ3n) is 4.87. The van der Waals surface area contributed by atoms with Gasteiger partial charge in [-0.25, -0.2) is 8.42 Å². The molecule has 0 unspecified atom stereocenters. The average molecular weight is 569 g/mol. The zero-order valence-electron chi connectivity index (χ0n) is 18.8. The molecule has 1 fully saturated rings. The highest BCUT2D eigenvalue weighted by Gasteiger charge is 2.25. The highest BCUT2D eigenvalue weighted by molar-refractivity contribution is 14.0. The van der Waals surface area contributed by atoms with Gasteiger partial charge in [0.1, 0.15) is 0 Å². The van der Waals surface area contributed by atoms with Gasteiger partial charge >= 0.3 is 0 Å². The molecule has 2 rings (SSSR count). The topological polar surface area (TPSA) is 92.3 Å². The molecule has 0 aromatic heterocycles. The number of hydrogen-bond acceptors (Lipinski definition) is 5. The van der Waals surface area contributed by atoms with Gasteiger partial charge < -0.3 is 20.1 Å². The van der Waals surface area contributed by atoms with E-state index >= 15 is 0 Å². The normalized spacial score (nSPS) is 15.5. The standard InChI is InChI=1S/C21H36N4O4S.HI/c1-18(2)8-12-28-13-9-23-21(22-3)24-16-19-6-4-5-7-20(19)17-30(26,27)25-10-14-29-15-11-25;/h4-7,18H,8-17H2,1-3H3,(H2,22,23,24);1H. The molecule has 0 amide bonds. The molecule has 8 nitrogen and oxygen atoms in total. The number of hydrogen-bond donors (Lipinski definition) is 2. The van der Waals surface area contributed by atoms with Gasteiger partial charge in [0.15, 0.2) is 5.96 Å². The lowest BCUT2D eigenvalue weighted by Gasteiger charge is -2.26. The monoisotopic (exact) mass is 568 g/mol. The van der Waals surface area contributed by atoms with Crippen LogP contribution in [0.25, 0.3) is 0 Å². The summed E-state index contributed by atoms with van der Waals surface area (Å²) in [5.41, 5.74) is 1.73. The first-order valence-electron chi connectivity index (χ1n) is 10.6. The van der Waals surface area contributed by atoms with E-state index in [1.54, 1.807) is 7.05 Å². The largest absolute Gasteiger partial charge is 0.380 e. The molecule has 0 spiro atoms. The lowest BCUT2D eigenvalue weighted by atomic mass is 10.1. The summed E-state index contributed by atoms with van der Waals surface area (Å²) in [5, 5.41) is 6.48. The molecule has 1 aromatic carbocycles. The lowest BCUT2D eigenvalue weighted by Crippen LogP contribution is -2.41. The SMILES string of the molecule is CN=C(NCCOCCC(C)C)NCc1ccccc1CS(=O)(=O)N1CCOCC1.I. The fraction of sp³-hybridized carbons (Fsp3) is 0.667. The predicted octanol–water partition coefficient (Wildman–Crippen LogP) is 2.19. The summed E-state index contributed by atoms with van der Waals surface area (Å²) in [4.78, 5) is 4.23. The number of nitrogens with zero attached hydrogens (tertiary/aromatic N) is 2. The summed E-state index contributed by atoms with van der Waals surface area (Å²) in [6, 6.07) is 7.60. The molecule has 1 aliphatic rings. The number of ether oxygens (including phenoxy) is 2. The molecular weight excluding hydrogens is 531 g/mol. The fourth-order valence-corrected chi connectivity index (χ4v) is 4.61. The molecule has 0 aliphatic carbocycles. The van der Waals surface area contributed by atoms with Crippen LogP contribution < -0.4 is 10.6 Å². The van der Waals surface area contributed by atoms with Crippen LogP contribution in [0.15, 0.2) is 29.3 Å². The number of nitrogens with one attached hydrogen (secondary N) is 2. The highest BCUT2D eigenvalue weighted by atomic mass is 127. The third kappa shape index (κ3) is 10.5. The van der Waals surface area contributed by atoms with Gasteiger partial charge in [-0.3, -0.25) is 4.99 Å². The molecule has 0 saturated carbocycles. The molecule has 1 aromatic rings. The van der Waals surface area contributed by atoms with Gasteiger partial charge in [-0.05, 0) is 23.5 Å². The maximum Gasteiger partial charge on any atom is 0.218 e. The van der Waals surface area contributed by atoms with E-state index in [-0.39, 0.29) is 29.7 Å². The van der Waals surface area contributed by atoms with Gasteiger partial charge in [-0.2, -0.15) is 4.31 Å². The van der Waals surface area contributed by atoms with E-state index in [1.807, 2.05) is 24.3 Å². The van der Waals surface area contributed by atoms with Crippen molar-refractivity contribution < 1.29 is 17.9 Å². The van der Waals surface area contributed by atoms with E-state index in [1.165, 1.54) is 4.31 Å². The summed E-state index contributed by atoms with van der Waals surface area (Å²) in [6.45, 7) is 8.61. The minimum atomic E-state index is -3.37. The zero-order valence-corrected chi connectivity index (χ0v) is 21.9. The number of guanidine groups is 1. The Bertz CT molecular complexity index is 768. The van der Waals surface area contributed by atoms with Crippen molar-refractivity contribution in [1.82, 2.24) is 14.9 Å². The second kappa shape index (κ2) is 15.0. The summed E-state index contributed by atoms with van der Waals surface area (Å²) in [7, 11) is -1.66. The van der Waals surface area contributed by atoms with Crippen LogP contribution in [0.3, 0.4) is 0 Å². The minimum Gasteiger partial charge on any atom is -0.380 e. The Morgan fingerprint density at radius 3 is 2.48 bits per heavy atom. The second-order valence-electron chi connectivity index (χ2n) is 7.68. The maximum absolute atomic E-state index is 12.8. The van der Waals surface area contributed by atoms with Crippen molar-refractivity contribution in [2.75, 3.05) is 53.1 Å². The average Bonchev–Trinajstić information content (AvgIpc) is 2.74. The van der Waals surface area contributed by atoms with Crippen LogP contribution >= 0.6 is 24.0 Å². The van der Waals surface area contributed by atoms with Crippen LogP contribution in [0.4, 0.5) is 0 Å². The van der Waals surface area contributed by atoms with Crippen LogP contribution in [-0.2, 0) is 31.8 Å². The Labute approximate surface area is 204 Å². The number of rotatable bonds is 11. The minimum absolute atomic E-state index is 0. The van der Waals surface area contributed by atoms with Gasteiger partial charge in [0.2, 0.25) is 10.0 Å². The van der Waals surface area contributed by atoms with E-state index in [4.69, 9.17) is 9.47 Å². The highest BCUT2D eigenvalue weighted by Crippen LogP contribution is 2.16. The van der Waals surface area contributed by atoms with Gasteiger partial charge in [0.05, 0.1) is 25.6 Å². The van der Waals surface area contributed by atoms with E-state index in [0.717, 1.165) is 24.2 Å². The van der Waals surface area contributed by atoms with E-state index < -0.39 is 10.0 Å². The second-order valence-corrected chi connectivity index (χ2v) is 9.65. The molecule has 1 heterocycles. The molecule has 0 bridgehead atoms. The third-order valence-corrected chi connectivity index (χ3v) is 6.70. The Kier molecular flexibility index (Phi) is 13.6. The molecule has 31 heavy (non-hydrogen) atoms. The fourth-order valence-electron chi connectivity index (χ4n) is 3.05. The molecule has 1 saturated heterocycles. The first-order chi connectivity index (χ1) is 14.4. The van der Waals surface area contributed by atoms with Crippen molar-refractivity contribution in [3.05, 3.63) is 35.4 Å². The van der Waals surface area contributed by atoms with Crippen LogP contribution in [0.5, 0.6) is 0 Å². The molecule has 0 radical (unpaired) electrons. The van der Waals surface area contributed by atoms with Crippen molar-refractivity contribution in [2.24, 2.45) is 10.9 Å². The van der Waals surface area contributed by atoms with Crippen LogP contribution in [0.1, 0.15) is 31.4 Å². The first-order valence-corrected chi connectivity index (χ1v) is 12.2. The Morgan fingerprint density at radius 2 is 1.84 bits per heavy atom. The van der Waals surface area contributed by atoms with E-state index in [0.29, 0.717) is 57.9 Å². The van der Waals surface area contributed by atoms with Crippen molar-refractivity contribution >= 4 is 40.0 Å². The first kappa shape index (κ1) is 28.1. The van der Waals surface area contributed by atoms with Crippen molar-refractivity contribution in [3.8, 4) is 0 Å². The zero-order chi connectivity index (χ0) is 21.8. The number of benzene rings is 1. The smallest absolute Gasteiger partial charge is 0.218 e. The van der Waals surface area contributed by atoms with Crippen molar-refractivity contribution in [2.45, 2.75) is 32.6 Å². The molecule has 0 atom stereocenters. The van der Waals surface area contributed by atoms with E-state index in [9.17, 15) is 8.42 Å². The summed E-state index contributed by atoms with van der Waals surface area (Å²) in [5.74, 6) is 1.29. The maximum atomic E-state index is 12.8. The molecule has 178 valence electrons. The van der Waals surface area contributed by atoms with Gasteiger partial charge in [-0.15, -0.1) is 24.0 Å². The predicted molar refractivity (Wildman–Crippen MR) is 135 cm³/mol. The van der Waals surface area contributed by atoms with Gasteiger partial charge in [0.25, 0.3) is 0 Å². The van der Waals surface area contributed by atoms with Gasteiger partial charge in [0, 0.05) is 39.8 Å². The number of sulfonamides is 1. The Balaban J connectivity index is 0.00000480. The summed E-state index contributed by atoms with van der Waals surface area (Å²) in [6.07, 6.45) is 1.05. The summed E-state index contributed by atoms with van der Waals surface area (Å²) >= 11 is 0. The molecule has 2 N–H and O–H groups in total. The molecular formula is C21H37IN4O4S. The number of halogens is 1. The van der Waals surface area contributed by atoms with Gasteiger partial charge in [-0.1, -0.05) is 38.1 Å². The van der Waals surface area contributed by atoms with Crippen molar-refractivity contribution in [3.63, 3.8) is 0 Å². The van der Waals surface area contributed by atoms with Crippen LogP contribution in [0, 0.1) is 5.92 Å². The summed E-state index contributed by atoms with van der Waals surface area (Å²) < 4.78 is 37.9. The Hall–Kier alpha value is -0.950. The van der Waals surface area contributed by atoms with E-state index in [2.05, 4.69) is 29.5 Å². The molecule has 1 aliphatic heterocycles. The van der Waals surface area contributed by atoms with Crippen LogP contribution in [-0.4, -0.2) is 71.8 Å². The van der Waals surface area contributed by atoms with Crippen molar-refractivity contribution in [1.29, 1.82) is 0 Å². The van der Waals surface area contributed by atoms with Crippen LogP contribution in [0.2, 0.25) is 0 Å².